The van der Waals surface area contributed by atoms with Gasteiger partial charge in [0.25, 0.3) is 5.91 Å². The van der Waals surface area contributed by atoms with Crippen molar-refractivity contribution in [1.82, 2.24) is 24.6 Å². The van der Waals surface area contributed by atoms with Crippen LogP contribution < -0.4 is 0 Å². The van der Waals surface area contributed by atoms with Gasteiger partial charge in [0.05, 0.1) is 23.4 Å². The van der Waals surface area contributed by atoms with E-state index in [1.54, 1.807) is 11.9 Å². The lowest BCUT2D eigenvalue weighted by Gasteiger charge is -2.25. The van der Waals surface area contributed by atoms with Gasteiger partial charge in [0, 0.05) is 50.3 Å². The lowest BCUT2D eigenvalue weighted by atomic mass is 9.97. The number of likely N-dealkylation sites (N-methyl/N-ethyl adjacent to an activating group) is 1. The molecule has 2 aliphatic heterocycles. The number of carbonyl (C=O) groups excluding carboxylic acids is 1. The molecule has 2 fully saturated rings. The quantitative estimate of drug-likeness (QED) is 0.550. The third-order valence-electron chi connectivity index (χ3n) is 6.07. The minimum absolute atomic E-state index is 0.186. The SMILES string of the molecule is C1CCOCC1.CN1CCc2c(ncnc2-c2ccc(C#N)cc2F)C1=O.c1cnn(C2CC2)c1. The molecular formula is C26H29FN6O2. The molecule has 0 atom stereocenters. The van der Waals surface area contributed by atoms with E-state index in [9.17, 15) is 9.18 Å². The molecule has 1 saturated carbocycles. The minimum Gasteiger partial charge on any atom is -0.381 e. The summed E-state index contributed by atoms with van der Waals surface area (Å²) < 4.78 is 21.3. The van der Waals surface area contributed by atoms with Gasteiger partial charge in [-0.15, -0.1) is 0 Å². The van der Waals surface area contributed by atoms with Crippen LogP contribution in [-0.2, 0) is 11.2 Å². The number of aromatic nitrogens is 4. The number of hydrogen-bond acceptors (Lipinski definition) is 6. The molecule has 1 aromatic carbocycles. The van der Waals surface area contributed by atoms with E-state index in [-0.39, 0.29) is 17.0 Å². The second kappa shape index (κ2) is 11.7. The highest BCUT2D eigenvalue weighted by Crippen LogP contribution is 2.33. The van der Waals surface area contributed by atoms with Gasteiger partial charge in [-0.2, -0.15) is 10.4 Å². The Morgan fingerprint density at radius 1 is 1.14 bits per heavy atom. The van der Waals surface area contributed by atoms with Gasteiger partial charge in [-0.3, -0.25) is 9.48 Å². The van der Waals surface area contributed by atoms with Gasteiger partial charge < -0.3 is 9.64 Å². The summed E-state index contributed by atoms with van der Waals surface area (Å²) in [5.74, 6) is -0.713. The molecule has 1 aliphatic carbocycles. The van der Waals surface area contributed by atoms with Crippen molar-refractivity contribution >= 4 is 5.91 Å². The van der Waals surface area contributed by atoms with Crippen molar-refractivity contribution in [2.75, 3.05) is 26.8 Å². The van der Waals surface area contributed by atoms with Gasteiger partial charge in [-0.25, -0.2) is 14.4 Å². The Kier molecular flexibility index (Phi) is 8.16. The van der Waals surface area contributed by atoms with Crippen molar-refractivity contribution in [3.63, 3.8) is 0 Å². The van der Waals surface area contributed by atoms with Crippen molar-refractivity contribution in [2.24, 2.45) is 0 Å². The van der Waals surface area contributed by atoms with Crippen LogP contribution >= 0.6 is 0 Å². The predicted octanol–water partition coefficient (Wildman–Crippen LogP) is 4.19. The first-order chi connectivity index (χ1) is 17.1. The molecular weight excluding hydrogens is 447 g/mol. The second-order valence-corrected chi connectivity index (χ2v) is 8.72. The Balaban J connectivity index is 0.000000166. The van der Waals surface area contributed by atoms with Crippen molar-refractivity contribution < 1.29 is 13.9 Å². The molecule has 182 valence electrons. The van der Waals surface area contributed by atoms with Gasteiger partial charge in [-0.05, 0) is 62.8 Å². The van der Waals surface area contributed by atoms with Crippen LogP contribution in [0, 0.1) is 17.1 Å². The fraction of sp³-hybridized carbons (Fsp3) is 0.423. The number of rotatable bonds is 2. The summed E-state index contributed by atoms with van der Waals surface area (Å²) in [5, 5.41) is 12.9. The monoisotopic (exact) mass is 476 g/mol. The Labute approximate surface area is 204 Å². The molecule has 3 aliphatic rings. The normalized spacial score (nSPS) is 16.7. The Hall–Kier alpha value is -3.64. The molecule has 2 aromatic heterocycles. The van der Waals surface area contributed by atoms with Crippen LogP contribution in [0.3, 0.4) is 0 Å². The third kappa shape index (κ3) is 6.28. The molecule has 0 radical (unpaired) electrons. The molecule has 8 nitrogen and oxygen atoms in total. The number of fused-ring (bicyclic) bond motifs is 1. The summed E-state index contributed by atoms with van der Waals surface area (Å²) in [4.78, 5) is 21.8. The third-order valence-corrected chi connectivity index (χ3v) is 6.07. The molecule has 0 unspecified atom stereocenters. The maximum absolute atomic E-state index is 14.2. The highest BCUT2D eigenvalue weighted by molar-refractivity contribution is 5.96. The largest absolute Gasteiger partial charge is 0.381 e. The smallest absolute Gasteiger partial charge is 0.272 e. The zero-order valence-corrected chi connectivity index (χ0v) is 19.9. The van der Waals surface area contributed by atoms with Gasteiger partial charge in [0.2, 0.25) is 0 Å². The molecule has 4 heterocycles. The first kappa shape index (κ1) is 24.5. The number of amides is 1. The predicted molar refractivity (Wildman–Crippen MR) is 128 cm³/mol. The van der Waals surface area contributed by atoms with Crippen LogP contribution in [0.15, 0.2) is 43.0 Å². The van der Waals surface area contributed by atoms with Gasteiger partial charge in [0.15, 0.2) is 0 Å². The Morgan fingerprint density at radius 2 is 1.91 bits per heavy atom. The summed E-state index contributed by atoms with van der Waals surface area (Å²) >= 11 is 0. The van der Waals surface area contributed by atoms with E-state index in [2.05, 4.69) is 15.1 Å². The lowest BCUT2D eigenvalue weighted by Crippen LogP contribution is -2.35. The second-order valence-electron chi connectivity index (χ2n) is 8.72. The van der Waals surface area contributed by atoms with Gasteiger partial charge >= 0.3 is 0 Å². The van der Waals surface area contributed by atoms with Gasteiger partial charge in [0.1, 0.15) is 17.8 Å². The van der Waals surface area contributed by atoms with Crippen molar-refractivity contribution in [1.29, 1.82) is 5.26 Å². The van der Waals surface area contributed by atoms with Crippen LogP contribution in [0.1, 0.15) is 59.8 Å². The average molecular weight is 477 g/mol. The molecule has 6 rings (SSSR count). The highest BCUT2D eigenvalue weighted by Gasteiger charge is 2.27. The summed E-state index contributed by atoms with van der Waals surface area (Å²) in [7, 11) is 1.70. The molecule has 3 aromatic rings. The Morgan fingerprint density at radius 3 is 2.49 bits per heavy atom. The van der Waals surface area contributed by atoms with Crippen LogP contribution in [0.25, 0.3) is 11.3 Å². The standard InChI is InChI=1S/C15H11FN4O.C6H8N2.C5H10O/c1-20-5-4-11-13(18-8-19-14(11)15(20)21)10-3-2-9(7-17)6-12(10)16;1-4-7-8(5-1)6-2-3-6;1-2-4-6-5-3-1/h2-3,6,8H,4-5H2,1H3;1,4-6H,2-3H2;1-5H2. The number of benzene rings is 1. The van der Waals surface area contributed by atoms with E-state index < -0.39 is 5.82 Å². The molecule has 0 bridgehead atoms. The molecule has 1 saturated heterocycles. The zero-order chi connectivity index (χ0) is 24.6. The molecule has 9 heteroatoms. The van der Waals surface area contributed by atoms with E-state index in [0.717, 1.165) is 19.3 Å². The molecule has 0 N–H and O–H groups in total. The topological polar surface area (TPSA) is 96.9 Å². The van der Waals surface area contributed by atoms with E-state index in [0.29, 0.717) is 29.9 Å². The number of nitriles is 1. The summed E-state index contributed by atoms with van der Waals surface area (Å²) in [6, 6.07) is 8.81. The average Bonchev–Trinajstić information content (AvgIpc) is 3.61. The zero-order valence-electron chi connectivity index (χ0n) is 19.9. The number of halogens is 1. The number of hydrogen-bond donors (Lipinski definition) is 0. The number of ether oxygens (including phenoxy) is 1. The van der Waals surface area contributed by atoms with Gasteiger partial charge in [-0.1, -0.05) is 0 Å². The first-order valence-corrected chi connectivity index (χ1v) is 11.9. The van der Waals surface area contributed by atoms with Crippen LogP contribution in [0.2, 0.25) is 0 Å². The number of carbonyl (C=O) groups is 1. The van der Waals surface area contributed by atoms with E-state index in [1.807, 2.05) is 29.2 Å². The fourth-order valence-electron chi connectivity index (χ4n) is 3.93. The summed E-state index contributed by atoms with van der Waals surface area (Å²) in [6.45, 7) is 2.55. The fourth-order valence-corrected chi connectivity index (χ4v) is 3.93. The molecule has 35 heavy (non-hydrogen) atoms. The summed E-state index contributed by atoms with van der Waals surface area (Å²) in [5.41, 5.74) is 1.92. The first-order valence-electron chi connectivity index (χ1n) is 11.9. The van der Waals surface area contributed by atoms with E-state index in [1.165, 1.54) is 56.6 Å². The Bertz CT molecular complexity index is 1170. The maximum atomic E-state index is 14.2. The lowest BCUT2D eigenvalue weighted by molar-refractivity contribution is 0.0774. The van der Waals surface area contributed by atoms with Crippen molar-refractivity contribution in [3.8, 4) is 17.3 Å². The molecule has 0 spiro atoms. The van der Waals surface area contributed by atoms with Crippen molar-refractivity contribution in [2.45, 2.75) is 44.6 Å². The van der Waals surface area contributed by atoms with E-state index in [4.69, 9.17) is 10.00 Å². The van der Waals surface area contributed by atoms with Crippen LogP contribution in [-0.4, -0.2) is 57.4 Å². The number of nitrogens with zero attached hydrogens (tertiary/aromatic N) is 6. The highest BCUT2D eigenvalue weighted by atomic mass is 19.1. The summed E-state index contributed by atoms with van der Waals surface area (Å²) in [6.07, 6.45) is 12.3. The molecule has 1 amide bonds. The minimum atomic E-state index is -0.527. The van der Waals surface area contributed by atoms with Crippen molar-refractivity contribution in [3.05, 3.63) is 65.6 Å². The van der Waals surface area contributed by atoms with E-state index >= 15 is 0 Å². The maximum Gasteiger partial charge on any atom is 0.272 e. The van der Waals surface area contributed by atoms with Crippen LogP contribution in [0.4, 0.5) is 4.39 Å². The van der Waals surface area contributed by atoms with Crippen LogP contribution in [0.5, 0.6) is 0 Å².